The van der Waals surface area contributed by atoms with E-state index in [0.29, 0.717) is 23.0 Å². The Labute approximate surface area is 135 Å². The summed E-state index contributed by atoms with van der Waals surface area (Å²) in [6, 6.07) is 0. The molecular formula is C20H32O2. The van der Waals surface area contributed by atoms with Gasteiger partial charge in [-0.15, -0.1) is 0 Å². The molecule has 4 aliphatic rings. The van der Waals surface area contributed by atoms with Crippen LogP contribution in [0.2, 0.25) is 0 Å². The lowest BCUT2D eigenvalue weighted by Gasteiger charge is -2.61. The second-order valence-corrected chi connectivity index (χ2v) is 9.78. The Morgan fingerprint density at radius 1 is 0.955 bits per heavy atom. The van der Waals surface area contributed by atoms with E-state index in [4.69, 9.17) is 0 Å². The molecule has 2 nitrogen and oxygen atoms in total. The van der Waals surface area contributed by atoms with Gasteiger partial charge >= 0.3 is 0 Å². The number of fused-ring (bicyclic) bond motifs is 5. The van der Waals surface area contributed by atoms with Crippen LogP contribution in [0.1, 0.15) is 78.6 Å². The van der Waals surface area contributed by atoms with E-state index in [9.17, 15) is 9.90 Å². The van der Waals surface area contributed by atoms with E-state index in [0.717, 1.165) is 43.9 Å². The van der Waals surface area contributed by atoms with Crippen LogP contribution in [0, 0.1) is 34.5 Å². The second-order valence-electron chi connectivity index (χ2n) is 9.78. The highest BCUT2D eigenvalue weighted by atomic mass is 16.3. The van der Waals surface area contributed by atoms with Crippen molar-refractivity contribution in [1.29, 1.82) is 0 Å². The summed E-state index contributed by atoms with van der Waals surface area (Å²) < 4.78 is 0. The van der Waals surface area contributed by atoms with Crippen LogP contribution < -0.4 is 0 Å². The fourth-order valence-electron chi connectivity index (χ4n) is 7.20. The highest BCUT2D eigenvalue weighted by Crippen LogP contribution is 2.66. The monoisotopic (exact) mass is 304 g/mol. The molecule has 4 rings (SSSR count). The van der Waals surface area contributed by atoms with Gasteiger partial charge in [-0.1, -0.05) is 13.8 Å². The first-order chi connectivity index (χ1) is 10.3. The molecule has 0 aliphatic heterocycles. The average Bonchev–Trinajstić information content (AvgIpc) is 2.76. The lowest BCUT2D eigenvalue weighted by molar-refractivity contribution is -0.151. The second kappa shape index (κ2) is 4.59. The third kappa shape index (κ3) is 1.92. The Kier molecular flexibility index (Phi) is 3.16. The standard InChI is InChI=1S/C20H32O2/c1-18(22)10-11-19(2)13(12-18)4-5-14-15-6-7-17(21)20(15,3)9-8-16(14)19/h13-16,22H,4-12H2,1-3H3/t13?,14-,15?,16?,18+,19-,20-/m0/s1. The molecule has 0 aromatic heterocycles. The molecule has 4 fully saturated rings. The quantitative estimate of drug-likeness (QED) is 0.722. The molecule has 4 saturated carbocycles. The topological polar surface area (TPSA) is 37.3 Å². The van der Waals surface area contributed by atoms with E-state index in [2.05, 4.69) is 13.8 Å². The first-order valence-corrected chi connectivity index (χ1v) is 9.52. The van der Waals surface area contributed by atoms with Crippen LogP contribution in [-0.4, -0.2) is 16.5 Å². The van der Waals surface area contributed by atoms with Crippen molar-refractivity contribution in [2.45, 2.75) is 84.2 Å². The molecule has 3 unspecified atom stereocenters. The number of hydrogen-bond donors (Lipinski definition) is 1. The summed E-state index contributed by atoms with van der Waals surface area (Å²) in [6.07, 6.45) is 10.1. The van der Waals surface area contributed by atoms with Crippen molar-refractivity contribution in [3.05, 3.63) is 0 Å². The van der Waals surface area contributed by atoms with Crippen LogP contribution in [0.4, 0.5) is 0 Å². The molecule has 0 spiro atoms. The van der Waals surface area contributed by atoms with Crippen molar-refractivity contribution in [2.75, 3.05) is 0 Å². The maximum Gasteiger partial charge on any atom is 0.139 e. The summed E-state index contributed by atoms with van der Waals surface area (Å²) in [6.45, 7) is 6.82. The van der Waals surface area contributed by atoms with Crippen LogP contribution >= 0.6 is 0 Å². The number of aliphatic hydroxyl groups is 1. The fraction of sp³-hybridized carbons (Fsp3) is 0.950. The van der Waals surface area contributed by atoms with Crippen molar-refractivity contribution in [2.24, 2.45) is 34.5 Å². The van der Waals surface area contributed by atoms with Crippen LogP contribution in [0.15, 0.2) is 0 Å². The van der Waals surface area contributed by atoms with Crippen LogP contribution in [-0.2, 0) is 4.79 Å². The minimum absolute atomic E-state index is 0.00449. The van der Waals surface area contributed by atoms with Crippen molar-refractivity contribution in [1.82, 2.24) is 0 Å². The molecule has 4 aliphatic carbocycles. The lowest BCUT2D eigenvalue weighted by atomic mass is 9.44. The SMILES string of the molecule is C[C@@]1(O)CC[C@@]2(C)C(CC[C@@H]3C2CC[C@]2(C)C(=O)CCC32)C1. The molecule has 22 heavy (non-hydrogen) atoms. The maximum absolute atomic E-state index is 12.4. The zero-order valence-corrected chi connectivity index (χ0v) is 14.5. The van der Waals surface area contributed by atoms with Gasteiger partial charge < -0.3 is 5.11 Å². The van der Waals surface area contributed by atoms with Crippen molar-refractivity contribution < 1.29 is 9.90 Å². The summed E-state index contributed by atoms with van der Waals surface area (Å²) in [5.74, 6) is 3.47. The molecule has 2 heteroatoms. The molecule has 0 heterocycles. The molecule has 7 atom stereocenters. The Balaban J connectivity index is 1.63. The first kappa shape index (κ1) is 15.2. The third-order valence-corrected chi connectivity index (χ3v) is 8.66. The Hall–Kier alpha value is -0.370. The van der Waals surface area contributed by atoms with Gasteiger partial charge in [0.25, 0.3) is 0 Å². The average molecular weight is 304 g/mol. The number of Topliss-reactive ketones (excluding diaryl/α,β-unsaturated/α-hetero) is 1. The van der Waals surface area contributed by atoms with Gasteiger partial charge in [0.2, 0.25) is 0 Å². The van der Waals surface area contributed by atoms with Crippen molar-refractivity contribution in [3.8, 4) is 0 Å². The van der Waals surface area contributed by atoms with Crippen molar-refractivity contribution >= 4 is 5.78 Å². The summed E-state index contributed by atoms with van der Waals surface area (Å²) in [5.41, 5.74) is -0.0217. The van der Waals surface area contributed by atoms with Gasteiger partial charge in [-0.2, -0.15) is 0 Å². The highest BCUT2D eigenvalue weighted by molar-refractivity contribution is 5.87. The van der Waals surface area contributed by atoms with E-state index in [1.54, 1.807) is 0 Å². The zero-order chi connectivity index (χ0) is 15.8. The van der Waals surface area contributed by atoms with Gasteiger partial charge in [-0.25, -0.2) is 0 Å². The fourth-order valence-corrected chi connectivity index (χ4v) is 7.20. The lowest BCUT2D eigenvalue weighted by Crippen LogP contribution is -2.55. The molecule has 0 bridgehead atoms. The van der Waals surface area contributed by atoms with Gasteiger partial charge in [0.15, 0.2) is 0 Å². The van der Waals surface area contributed by atoms with E-state index < -0.39 is 5.60 Å². The highest BCUT2D eigenvalue weighted by Gasteiger charge is 2.60. The van der Waals surface area contributed by atoms with E-state index in [1.165, 1.54) is 25.7 Å². The minimum Gasteiger partial charge on any atom is -0.390 e. The number of hydrogen-bond acceptors (Lipinski definition) is 2. The largest absolute Gasteiger partial charge is 0.390 e. The number of carbonyl (C=O) groups excluding carboxylic acids is 1. The summed E-state index contributed by atoms with van der Waals surface area (Å²) in [5, 5.41) is 10.5. The summed E-state index contributed by atoms with van der Waals surface area (Å²) in [7, 11) is 0. The Bertz CT molecular complexity index is 496. The predicted molar refractivity (Wildman–Crippen MR) is 87.4 cm³/mol. The van der Waals surface area contributed by atoms with Crippen LogP contribution in [0.3, 0.4) is 0 Å². The van der Waals surface area contributed by atoms with Gasteiger partial charge in [0.05, 0.1) is 5.60 Å². The van der Waals surface area contributed by atoms with E-state index >= 15 is 0 Å². The van der Waals surface area contributed by atoms with Gasteiger partial charge in [0, 0.05) is 11.8 Å². The predicted octanol–water partition coefficient (Wildman–Crippen LogP) is 4.35. The third-order valence-electron chi connectivity index (χ3n) is 8.66. The first-order valence-electron chi connectivity index (χ1n) is 9.52. The van der Waals surface area contributed by atoms with Crippen molar-refractivity contribution in [3.63, 3.8) is 0 Å². The molecule has 0 aromatic rings. The summed E-state index contributed by atoms with van der Waals surface area (Å²) in [4.78, 5) is 12.4. The van der Waals surface area contributed by atoms with E-state index in [-0.39, 0.29) is 5.41 Å². The van der Waals surface area contributed by atoms with Gasteiger partial charge in [-0.05, 0) is 87.4 Å². The van der Waals surface area contributed by atoms with E-state index in [1.807, 2.05) is 6.92 Å². The molecule has 0 radical (unpaired) electrons. The molecule has 0 aromatic carbocycles. The maximum atomic E-state index is 12.4. The molecular weight excluding hydrogens is 272 g/mol. The normalized spacial score (nSPS) is 57.9. The Morgan fingerprint density at radius 2 is 1.73 bits per heavy atom. The molecule has 0 saturated heterocycles. The molecule has 124 valence electrons. The number of rotatable bonds is 0. The molecule has 0 amide bonds. The summed E-state index contributed by atoms with van der Waals surface area (Å²) >= 11 is 0. The van der Waals surface area contributed by atoms with Gasteiger partial charge in [0.1, 0.15) is 5.78 Å². The Morgan fingerprint density at radius 3 is 2.50 bits per heavy atom. The van der Waals surface area contributed by atoms with Crippen LogP contribution in [0.5, 0.6) is 0 Å². The minimum atomic E-state index is -0.441. The number of carbonyl (C=O) groups is 1. The zero-order valence-electron chi connectivity index (χ0n) is 14.5. The smallest absolute Gasteiger partial charge is 0.139 e. The van der Waals surface area contributed by atoms with Crippen LogP contribution in [0.25, 0.3) is 0 Å². The molecule has 1 N–H and O–H groups in total. The number of ketones is 1. The van der Waals surface area contributed by atoms with Gasteiger partial charge in [-0.3, -0.25) is 4.79 Å².